The van der Waals surface area contributed by atoms with E-state index in [4.69, 9.17) is 5.73 Å². The predicted molar refractivity (Wildman–Crippen MR) is 68.2 cm³/mol. The Morgan fingerprint density at radius 1 is 1.31 bits per heavy atom. The third kappa shape index (κ3) is 4.34. The van der Waals surface area contributed by atoms with Gasteiger partial charge in [-0.3, -0.25) is 4.79 Å². The van der Waals surface area contributed by atoms with Crippen molar-refractivity contribution in [2.75, 3.05) is 11.1 Å². The molecule has 0 unspecified atom stereocenters. The van der Waals surface area contributed by atoms with Gasteiger partial charge in [0, 0.05) is 6.42 Å². The van der Waals surface area contributed by atoms with Gasteiger partial charge in [-0.1, -0.05) is 32.9 Å². The average molecular weight is 220 g/mol. The lowest BCUT2D eigenvalue weighted by Gasteiger charge is -2.17. The number of carbonyl (C=O) groups is 1. The highest BCUT2D eigenvalue weighted by molar-refractivity contribution is 5.93. The number of para-hydroxylation sites is 2. The summed E-state index contributed by atoms with van der Waals surface area (Å²) < 4.78 is 0. The molecule has 1 aromatic rings. The molecule has 0 fully saturated rings. The summed E-state index contributed by atoms with van der Waals surface area (Å²) in [5.41, 5.74) is 7.22. The normalized spacial score (nSPS) is 11.2. The minimum Gasteiger partial charge on any atom is -0.397 e. The van der Waals surface area contributed by atoms with Crippen LogP contribution in [0, 0.1) is 5.41 Å². The van der Waals surface area contributed by atoms with Gasteiger partial charge < -0.3 is 11.1 Å². The summed E-state index contributed by atoms with van der Waals surface area (Å²) in [5, 5.41) is 2.82. The molecule has 16 heavy (non-hydrogen) atoms. The number of hydrogen-bond acceptors (Lipinski definition) is 2. The van der Waals surface area contributed by atoms with Gasteiger partial charge in [-0.15, -0.1) is 0 Å². The first kappa shape index (κ1) is 12.6. The van der Waals surface area contributed by atoms with E-state index in [-0.39, 0.29) is 11.3 Å². The summed E-state index contributed by atoms with van der Waals surface area (Å²) in [5.74, 6) is 0.0211. The molecule has 1 rings (SSSR count). The average Bonchev–Trinajstić information content (AvgIpc) is 2.18. The van der Waals surface area contributed by atoms with Crippen LogP contribution in [-0.4, -0.2) is 5.91 Å². The Bertz CT molecular complexity index is 366. The zero-order valence-corrected chi connectivity index (χ0v) is 10.2. The Balaban J connectivity index is 2.50. The van der Waals surface area contributed by atoms with Crippen LogP contribution in [0.3, 0.4) is 0 Å². The fourth-order valence-electron chi connectivity index (χ4n) is 1.31. The molecule has 0 heterocycles. The monoisotopic (exact) mass is 220 g/mol. The zero-order valence-electron chi connectivity index (χ0n) is 10.2. The Labute approximate surface area is 97.0 Å². The van der Waals surface area contributed by atoms with Crippen molar-refractivity contribution in [2.45, 2.75) is 33.6 Å². The molecular formula is C13H20N2O. The van der Waals surface area contributed by atoms with Gasteiger partial charge in [0.15, 0.2) is 0 Å². The van der Waals surface area contributed by atoms with E-state index in [2.05, 4.69) is 26.1 Å². The van der Waals surface area contributed by atoms with Crippen molar-refractivity contribution in [3.63, 3.8) is 0 Å². The molecule has 0 aliphatic rings. The summed E-state index contributed by atoms with van der Waals surface area (Å²) in [6, 6.07) is 7.29. The molecule has 0 spiro atoms. The number of benzene rings is 1. The molecule has 0 aliphatic carbocycles. The first-order valence-corrected chi connectivity index (χ1v) is 5.53. The number of rotatable bonds is 3. The number of nitrogens with one attached hydrogen (secondary N) is 1. The van der Waals surface area contributed by atoms with E-state index < -0.39 is 0 Å². The molecule has 1 aromatic carbocycles. The first-order valence-electron chi connectivity index (χ1n) is 5.53. The standard InChI is InChI=1S/C13H20N2O/c1-13(2,3)9-8-12(16)15-11-7-5-4-6-10(11)14/h4-7H,8-9,14H2,1-3H3,(H,15,16). The fourth-order valence-corrected chi connectivity index (χ4v) is 1.31. The van der Waals surface area contributed by atoms with Gasteiger partial charge in [-0.2, -0.15) is 0 Å². The quantitative estimate of drug-likeness (QED) is 0.769. The SMILES string of the molecule is CC(C)(C)CCC(=O)Nc1ccccc1N. The van der Waals surface area contributed by atoms with E-state index in [9.17, 15) is 4.79 Å². The molecular weight excluding hydrogens is 200 g/mol. The van der Waals surface area contributed by atoms with Crippen LogP contribution in [-0.2, 0) is 4.79 Å². The second-order valence-corrected chi connectivity index (χ2v) is 5.20. The van der Waals surface area contributed by atoms with Crippen molar-refractivity contribution in [1.29, 1.82) is 0 Å². The summed E-state index contributed by atoms with van der Waals surface area (Å²) in [6.07, 6.45) is 1.39. The first-order chi connectivity index (χ1) is 7.38. The highest BCUT2D eigenvalue weighted by Gasteiger charge is 2.13. The number of carbonyl (C=O) groups excluding carboxylic acids is 1. The molecule has 0 radical (unpaired) electrons. The minimum atomic E-state index is 0.0211. The second kappa shape index (κ2) is 5.01. The van der Waals surface area contributed by atoms with Gasteiger partial charge in [0.05, 0.1) is 11.4 Å². The smallest absolute Gasteiger partial charge is 0.224 e. The molecule has 1 amide bonds. The van der Waals surface area contributed by atoms with Crippen molar-refractivity contribution in [2.24, 2.45) is 5.41 Å². The molecule has 0 bridgehead atoms. The lowest BCUT2D eigenvalue weighted by Crippen LogP contribution is -2.16. The number of hydrogen-bond donors (Lipinski definition) is 2. The third-order valence-corrected chi connectivity index (χ3v) is 2.34. The highest BCUT2D eigenvalue weighted by Crippen LogP contribution is 2.22. The van der Waals surface area contributed by atoms with Crippen LogP contribution in [0.2, 0.25) is 0 Å². The van der Waals surface area contributed by atoms with Crippen molar-refractivity contribution in [3.8, 4) is 0 Å². The highest BCUT2D eigenvalue weighted by atomic mass is 16.1. The zero-order chi connectivity index (χ0) is 12.2. The van der Waals surface area contributed by atoms with Crippen LogP contribution in [0.25, 0.3) is 0 Å². The van der Waals surface area contributed by atoms with Crippen LogP contribution >= 0.6 is 0 Å². The summed E-state index contributed by atoms with van der Waals surface area (Å²) in [7, 11) is 0. The minimum absolute atomic E-state index is 0.0211. The Morgan fingerprint density at radius 2 is 1.94 bits per heavy atom. The maximum atomic E-state index is 11.6. The van der Waals surface area contributed by atoms with E-state index in [1.807, 2.05) is 18.2 Å². The maximum absolute atomic E-state index is 11.6. The van der Waals surface area contributed by atoms with Crippen LogP contribution in [0.15, 0.2) is 24.3 Å². The van der Waals surface area contributed by atoms with Crippen LogP contribution in [0.5, 0.6) is 0 Å². The molecule has 0 atom stereocenters. The number of nitrogens with two attached hydrogens (primary N) is 1. The molecule has 0 aliphatic heterocycles. The summed E-state index contributed by atoms with van der Waals surface area (Å²) >= 11 is 0. The Kier molecular flexibility index (Phi) is 3.93. The van der Waals surface area contributed by atoms with E-state index in [0.717, 1.165) is 6.42 Å². The van der Waals surface area contributed by atoms with E-state index in [0.29, 0.717) is 17.8 Å². The number of anilines is 2. The molecule has 0 saturated heterocycles. The van der Waals surface area contributed by atoms with Gasteiger partial charge in [-0.05, 0) is 24.0 Å². The number of nitrogen functional groups attached to an aromatic ring is 1. The Morgan fingerprint density at radius 3 is 2.50 bits per heavy atom. The van der Waals surface area contributed by atoms with E-state index in [1.165, 1.54) is 0 Å². The fraction of sp³-hybridized carbons (Fsp3) is 0.462. The molecule has 3 heteroatoms. The van der Waals surface area contributed by atoms with Crippen molar-refractivity contribution < 1.29 is 4.79 Å². The molecule has 0 aromatic heterocycles. The van der Waals surface area contributed by atoms with Gasteiger partial charge >= 0.3 is 0 Å². The van der Waals surface area contributed by atoms with Crippen molar-refractivity contribution in [1.82, 2.24) is 0 Å². The van der Waals surface area contributed by atoms with Crippen LogP contribution in [0.1, 0.15) is 33.6 Å². The molecule has 3 nitrogen and oxygen atoms in total. The summed E-state index contributed by atoms with van der Waals surface area (Å²) in [6.45, 7) is 6.37. The van der Waals surface area contributed by atoms with E-state index in [1.54, 1.807) is 6.07 Å². The summed E-state index contributed by atoms with van der Waals surface area (Å²) in [4.78, 5) is 11.6. The second-order valence-electron chi connectivity index (χ2n) is 5.20. The van der Waals surface area contributed by atoms with Crippen molar-refractivity contribution in [3.05, 3.63) is 24.3 Å². The molecule has 88 valence electrons. The van der Waals surface area contributed by atoms with Gasteiger partial charge in [0.25, 0.3) is 0 Å². The van der Waals surface area contributed by atoms with Crippen LogP contribution < -0.4 is 11.1 Å². The van der Waals surface area contributed by atoms with E-state index >= 15 is 0 Å². The maximum Gasteiger partial charge on any atom is 0.224 e. The van der Waals surface area contributed by atoms with Gasteiger partial charge in [-0.25, -0.2) is 0 Å². The largest absolute Gasteiger partial charge is 0.397 e. The van der Waals surface area contributed by atoms with Gasteiger partial charge in [0.2, 0.25) is 5.91 Å². The lowest BCUT2D eigenvalue weighted by atomic mass is 9.90. The van der Waals surface area contributed by atoms with Crippen LogP contribution in [0.4, 0.5) is 11.4 Å². The molecule has 3 N–H and O–H groups in total. The lowest BCUT2D eigenvalue weighted by molar-refractivity contribution is -0.116. The van der Waals surface area contributed by atoms with Gasteiger partial charge in [0.1, 0.15) is 0 Å². The Hall–Kier alpha value is -1.51. The molecule has 0 saturated carbocycles. The topological polar surface area (TPSA) is 55.1 Å². The predicted octanol–water partition coefficient (Wildman–Crippen LogP) is 3.03. The van der Waals surface area contributed by atoms with Crippen molar-refractivity contribution >= 4 is 17.3 Å². The number of amides is 1. The third-order valence-electron chi connectivity index (χ3n) is 2.34.